The number of aromatic amines is 1. The maximum atomic E-state index is 13.2. The number of aromatic carboxylic acids is 1. The fraction of sp³-hybridized carbons (Fsp3) is 0.462. The maximum absolute atomic E-state index is 13.2. The van der Waals surface area contributed by atoms with Crippen LogP contribution in [0.4, 0.5) is 13.2 Å². The molecule has 4 aromatic rings. The zero-order chi connectivity index (χ0) is 29.1. The Morgan fingerprint density at radius 1 is 1.20 bits per heavy atom. The number of carboxylic acid groups (broad SMARTS) is 1. The number of hydrogen-bond acceptors (Lipinski definition) is 7. The number of thiophene rings is 1. The topological polar surface area (TPSA) is 126 Å². The largest absolute Gasteiger partial charge is 0.476 e. The molecule has 4 heterocycles. The third-order valence-electron chi connectivity index (χ3n) is 5.97. The molecule has 0 saturated carbocycles. The maximum Gasteiger partial charge on any atom is 0.439 e. The summed E-state index contributed by atoms with van der Waals surface area (Å²) in [7, 11) is 0. The molecule has 0 aliphatic heterocycles. The van der Waals surface area contributed by atoms with Gasteiger partial charge in [-0.3, -0.25) is 13.9 Å². The number of fused-ring (bicyclic) bond motifs is 1. The van der Waals surface area contributed by atoms with Gasteiger partial charge in [-0.25, -0.2) is 14.6 Å². The van der Waals surface area contributed by atoms with Crippen molar-refractivity contribution in [1.29, 1.82) is 0 Å². The molecule has 0 aliphatic carbocycles. The van der Waals surface area contributed by atoms with Gasteiger partial charge in [-0.05, 0) is 30.5 Å². The Hall–Kier alpha value is -3.16. The molecule has 0 saturated heterocycles. The molecule has 3 N–H and O–H groups in total. The third kappa shape index (κ3) is 8.93. The first-order valence-electron chi connectivity index (χ1n) is 12.9. The Balaban J connectivity index is 0.000000232. The molecule has 0 spiro atoms. The minimum Gasteiger partial charge on any atom is -0.476 e. The van der Waals surface area contributed by atoms with E-state index in [0.29, 0.717) is 6.07 Å². The normalized spacial score (nSPS) is 11.5. The van der Waals surface area contributed by atoms with Gasteiger partial charge in [0.2, 0.25) is 0 Å². The molecule has 0 radical (unpaired) electrons. The smallest absolute Gasteiger partial charge is 0.439 e. The summed E-state index contributed by atoms with van der Waals surface area (Å²) < 4.78 is 44.6. The average Bonchev–Trinajstić information content (AvgIpc) is 3.65. The molecule has 218 valence electrons. The first-order chi connectivity index (χ1) is 19.1. The summed E-state index contributed by atoms with van der Waals surface area (Å²) in [6.07, 6.45) is 7.45. The summed E-state index contributed by atoms with van der Waals surface area (Å²) in [6.45, 7) is 4.50. The number of unbranched alkanes of at least 4 members (excludes halogenated alkanes) is 7. The second-order valence-electron chi connectivity index (χ2n) is 9.06. The number of imidazole rings is 1. The van der Waals surface area contributed by atoms with Crippen LogP contribution in [0.1, 0.15) is 79.2 Å². The number of pyridine rings is 1. The molecule has 0 aliphatic rings. The number of halogens is 4. The van der Waals surface area contributed by atoms with E-state index in [1.807, 2.05) is 11.3 Å². The summed E-state index contributed by atoms with van der Waals surface area (Å²) in [5.74, 6) is -2.82. The van der Waals surface area contributed by atoms with Crippen molar-refractivity contribution >= 4 is 34.6 Å². The van der Waals surface area contributed by atoms with Gasteiger partial charge in [0.05, 0.1) is 5.56 Å². The number of rotatable bonds is 13. The van der Waals surface area contributed by atoms with Crippen molar-refractivity contribution in [3.05, 3.63) is 61.6 Å². The Labute approximate surface area is 237 Å². The molecule has 0 unspecified atom stereocenters. The predicted molar refractivity (Wildman–Crippen MR) is 147 cm³/mol. The highest BCUT2D eigenvalue weighted by molar-refractivity contribution is 7.09. The predicted octanol–water partition coefficient (Wildman–Crippen LogP) is 7.03. The molecule has 0 fully saturated rings. The van der Waals surface area contributed by atoms with Crippen molar-refractivity contribution in [1.82, 2.24) is 24.8 Å². The SMILES string of the molecule is CCCCCCCCCCNCc1cccs1.O=C(O)c1nc2c(C(F)(F)F)cc(-c3noc(=O)[nH]3)cn2c1Cl. The lowest BCUT2D eigenvalue weighted by atomic mass is 10.1. The molecule has 0 atom stereocenters. The zero-order valence-electron chi connectivity index (χ0n) is 21.9. The monoisotopic (exact) mass is 601 g/mol. The van der Waals surface area contributed by atoms with E-state index < -0.39 is 40.0 Å². The lowest BCUT2D eigenvalue weighted by molar-refractivity contribution is -0.136. The van der Waals surface area contributed by atoms with Crippen LogP contribution in [0, 0.1) is 0 Å². The summed E-state index contributed by atoms with van der Waals surface area (Å²) in [5.41, 5.74) is -2.85. The lowest BCUT2D eigenvalue weighted by Gasteiger charge is -2.09. The number of H-pyrrole nitrogens is 1. The van der Waals surface area contributed by atoms with E-state index in [-0.39, 0.29) is 11.4 Å². The fourth-order valence-corrected chi connectivity index (χ4v) is 4.88. The lowest BCUT2D eigenvalue weighted by Crippen LogP contribution is -2.13. The van der Waals surface area contributed by atoms with E-state index in [9.17, 15) is 22.8 Å². The number of hydrogen-bond donors (Lipinski definition) is 3. The van der Waals surface area contributed by atoms with Crippen molar-refractivity contribution in [3.63, 3.8) is 0 Å². The van der Waals surface area contributed by atoms with Crippen LogP contribution in [0.2, 0.25) is 5.15 Å². The summed E-state index contributed by atoms with van der Waals surface area (Å²) in [5, 5.41) is 17.4. The summed E-state index contributed by atoms with van der Waals surface area (Å²) >= 11 is 7.62. The van der Waals surface area contributed by atoms with E-state index in [2.05, 4.69) is 49.4 Å². The molecule has 14 heteroatoms. The van der Waals surface area contributed by atoms with E-state index in [1.165, 1.54) is 62.8 Å². The van der Waals surface area contributed by atoms with E-state index >= 15 is 0 Å². The Kier molecular flexibility index (Phi) is 11.8. The molecule has 40 heavy (non-hydrogen) atoms. The Bertz CT molecular complexity index is 1420. The molecule has 0 bridgehead atoms. The van der Waals surface area contributed by atoms with Crippen molar-refractivity contribution in [2.24, 2.45) is 0 Å². The van der Waals surface area contributed by atoms with Gasteiger partial charge in [0, 0.05) is 23.2 Å². The standard InChI is InChI=1S/C15H27NS.C11H4ClF3N4O4/c1-2-3-4-5-6-7-8-9-12-16-14-15-11-10-13-17-15;12-6-5(9(20)21)16-8-4(11(13,14)15)1-3(2-19(6)8)7-17-10(22)23-18-7/h10-11,13,16H,2-9,12,14H2,1H3;1-2H,(H,20,21)(H,17,18,22). The highest BCUT2D eigenvalue weighted by Gasteiger charge is 2.36. The van der Waals surface area contributed by atoms with E-state index in [1.54, 1.807) is 0 Å². The van der Waals surface area contributed by atoms with Crippen LogP contribution in [-0.2, 0) is 12.7 Å². The number of nitrogens with zero attached hydrogens (tertiary/aromatic N) is 3. The number of nitrogens with one attached hydrogen (secondary N) is 2. The van der Waals surface area contributed by atoms with Crippen LogP contribution < -0.4 is 11.1 Å². The minimum absolute atomic E-state index is 0.188. The van der Waals surface area contributed by atoms with Crippen LogP contribution in [-0.4, -0.2) is 37.1 Å². The van der Waals surface area contributed by atoms with Crippen LogP contribution in [0.25, 0.3) is 17.0 Å². The van der Waals surface area contributed by atoms with Crippen LogP contribution in [0.5, 0.6) is 0 Å². The highest BCUT2D eigenvalue weighted by Crippen LogP contribution is 2.36. The van der Waals surface area contributed by atoms with E-state index in [4.69, 9.17) is 16.7 Å². The second-order valence-corrected chi connectivity index (χ2v) is 10.5. The van der Waals surface area contributed by atoms with Crippen molar-refractivity contribution in [2.75, 3.05) is 6.54 Å². The number of aromatic nitrogens is 4. The number of carbonyl (C=O) groups is 1. The van der Waals surface area contributed by atoms with E-state index in [0.717, 1.165) is 17.1 Å². The summed E-state index contributed by atoms with van der Waals surface area (Å²) in [4.78, 5) is 28.9. The molecule has 0 amide bonds. The highest BCUT2D eigenvalue weighted by atomic mass is 35.5. The number of carboxylic acids is 1. The van der Waals surface area contributed by atoms with Gasteiger partial charge in [0.1, 0.15) is 5.15 Å². The van der Waals surface area contributed by atoms with Crippen LogP contribution >= 0.6 is 22.9 Å². The molecule has 4 aromatic heterocycles. The number of alkyl halides is 3. The molecular weight excluding hydrogens is 571 g/mol. The summed E-state index contributed by atoms with van der Waals surface area (Å²) in [6, 6.07) is 4.97. The molecular formula is C26H31ClF3N5O4S. The molecule has 4 rings (SSSR count). The molecule has 0 aromatic carbocycles. The van der Waals surface area contributed by atoms with Gasteiger partial charge in [-0.1, -0.05) is 74.7 Å². The Morgan fingerprint density at radius 2 is 1.90 bits per heavy atom. The van der Waals surface area contributed by atoms with Gasteiger partial charge >= 0.3 is 17.9 Å². The Morgan fingerprint density at radius 3 is 2.48 bits per heavy atom. The average molecular weight is 602 g/mol. The first kappa shape index (κ1) is 31.4. The third-order valence-corrected chi connectivity index (χ3v) is 7.21. The molecule has 9 nitrogen and oxygen atoms in total. The second kappa shape index (κ2) is 15.0. The van der Waals surface area contributed by atoms with Crippen LogP contribution in [0.15, 0.2) is 39.1 Å². The van der Waals surface area contributed by atoms with Gasteiger partial charge in [0.25, 0.3) is 0 Å². The zero-order valence-corrected chi connectivity index (χ0v) is 23.5. The van der Waals surface area contributed by atoms with Crippen molar-refractivity contribution in [3.8, 4) is 11.4 Å². The quantitative estimate of drug-likeness (QED) is 0.140. The van der Waals surface area contributed by atoms with Gasteiger partial charge in [0.15, 0.2) is 17.2 Å². The van der Waals surface area contributed by atoms with Crippen LogP contribution in [0.3, 0.4) is 0 Å². The van der Waals surface area contributed by atoms with Crippen molar-refractivity contribution < 1.29 is 27.6 Å². The van der Waals surface area contributed by atoms with Gasteiger partial charge in [-0.2, -0.15) is 13.2 Å². The van der Waals surface area contributed by atoms with Crippen molar-refractivity contribution in [2.45, 2.75) is 71.0 Å². The van der Waals surface area contributed by atoms with Gasteiger partial charge < -0.3 is 10.4 Å². The minimum atomic E-state index is -4.84. The first-order valence-corrected chi connectivity index (χ1v) is 14.2. The fourth-order valence-electron chi connectivity index (χ4n) is 3.95. The van der Waals surface area contributed by atoms with Gasteiger partial charge in [-0.15, -0.1) is 11.3 Å².